The monoisotopic (exact) mass is 326 g/mol. The fraction of sp³-hybridized carbons (Fsp3) is 0.400. The van der Waals surface area contributed by atoms with Crippen LogP contribution in [0.1, 0.15) is 26.3 Å². The summed E-state index contributed by atoms with van der Waals surface area (Å²) >= 11 is 3.16. The first-order valence-electron chi connectivity index (χ1n) is 6.08. The summed E-state index contributed by atoms with van der Waals surface area (Å²) in [6, 6.07) is 9.57. The van der Waals surface area contributed by atoms with Crippen molar-refractivity contribution in [1.82, 2.24) is 0 Å². The van der Waals surface area contributed by atoms with Gasteiger partial charge in [-0.3, -0.25) is 4.79 Å². The van der Waals surface area contributed by atoms with E-state index in [0.717, 1.165) is 5.56 Å². The SMILES string of the molecule is CC(C)(C)OC(=O)[C@@H](Br)[C@@H](O)/C=C/c1ccccc1. The van der Waals surface area contributed by atoms with Gasteiger partial charge in [0.15, 0.2) is 0 Å². The summed E-state index contributed by atoms with van der Waals surface area (Å²) in [6.45, 7) is 5.37. The third kappa shape index (κ3) is 6.03. The van der Waals surface area contributed by atoms with Crippen LogP contribution in [-0.2, 0) is 9.53 Å². The van der Waals surface area contributed by atoms with Gasteiger partial charge in [0.1, 0.15) is 10.4 Å². The summed E-state index contributed by atoms with van der Waals surface area (Å²) in [5.41, 5.74) is 0.400. The molecule has 1 rings (SSSR count). The Morgan fingerprint density at radius 3 is 2.42 bits per heavy atom. The van der Waals surface area contributed by atoms with Crippen molar-refractivity contribution in [2.45, 2.75) is 37.3 Å². The van der Waals surface area contributed by atoms with Crippen LogP contribution in [0.4, 0.5) is 0 Å². The van der Waals surface area contributed by atoms with Crippen molar-refractivity contribution >= 4 is 28.0 Å². The average molecular weight is 327 g/mol. The predicted molar refractivity (Wildman–Crippen MR) is 80.0 cm³/mol. The minimum atomic E-state index is -0.935. The molecular weight excluding hydrogens is 308 g/mol. The molecule has 0 bridgehead atoms. The number of alkyl halides is 1. The molecule has 0 saturated carbocycles. The fourth-order valence-electron chi connectivity index (χ4n) is 1.37. The molecule has 0 saturated heterocycles. The van der Waals surface area contributed by atoms with Gasteiger partial charge in [0.25, 0.3) is 0 Å². The first-order valence-corrected chi connectivity index (χ1v) is 6.99. The van der Waals surface area contributed by atoms with Crippen LogP contribution >= 0.6 is 15.9 Å². The minimum absolute atomic E-state index is 0.474. The van der Waals surface area contributed by atoms with Crippen molar-refractivity contribution in [3.8, 4) is 0 Å². The number of hydrogen-bond donors (Lipinski definition) is 1. The standard InChI is InChI=1S/C15H19BrO3/c1-15(2,3)19-14(18)13(16)12(17)10-9-11-7-5-4-6-8-11/h4-10,12-13,17H,1-3H3/b10-9+/t12-,13-/m0/s1. The van der Waals surface area contributed by atoms with Crippen molar-refractivity contribution in [2.24, 2.45) is 0 Å². The zero-order valence-electron chi connectivity index (χ0n) is 11.3. The molecular formula is C15H19BrO3. The summed E-state index contributed by atoms with van der Waals surface area (Å²) in [5.74, 6) is -0.474. The summed E-state index contributed by atoms with van der Waals surface area (Å²) < 4.78 is 5.19. The van der Waals surface area contributed by atoms with Gasteiger partial charge in [-0.25, -0.2) is 0 Å². The lowest BCUT2D eigenvalue weighted by Crippen LogP contribution is -2.34. The lowest BCUT2D eigenvalue weighted by atomic mass is 10.1. The van der Waals surface area contributed by atoms with Gasteiger partial charge in [-0.1, -0.05) is 58.4 Å². The van der Waals surface area contributed by atoms with Crippen LogP contribution in [0.3, 0.4) is 0 Å². The highest BCUT2D eigenvalue weighted by molar-refractivity contribution is 9.10. The average Bonchev–Trinajstić information content (AvgIpc) is 2.34. The maximum absolute atomic E-state index is 11.7. The molecule has 0 unspecified atom stereocenters. The molecule has 2 atom stereocenters. The number of aliphatic hydroxyl groups is 1. The maximum atomic E-state index is 11.7. The van der Waals surface area contributed by atoms with E-state index in [1.165, 1.54) is 0 Å². The Morgan fingerprint density at radius 1 is 1.32 bits per heavy atom. The number of carbonyl (C=O) groups is 1. The third-order valence-corrected chi connectivity index (χ3v) is 3.13. The smallest absolute Gasteiger partial charge is 0.323 e. The molecule has 3 nitrogen and oxygen atoms in total. The molecule has 19 heavy (non-hydrogen) atoms. The quantitative estimate of drug-likeness (QED) is 0.682. The summed E-state index contributed by atoms with van der Waals surface area (Å²) in [6.07, 6.45) is 2.40. The lowest BCUT2D eigenvalue weighted by Gasteiger charge is -2.22. The Balaban J connectivity index is 2.60. The molecule has 1 aromatic rings. The van der Waals surface area contributed by atoms with Crippen LogP contribution in [0.25, 0.3) is 6.08 Å². The van der Waals surface area contributed by atoms with Crippen LogP contribution in [0, 0.1) is 0 Å². The summed E-state index contributed by atoms with van der Waals surface area (Å²) in [4.78, 5) is 11.0. The number of carbonyl (C=O) groups excluding carboxylic acids is 1. The highest BCUT2D eigenvalue weighted by Gasteiger charge is 2.27. The molecule has 0 amide bonds. The fourth-order valence-corrected chi connectivity index (χ4v) is 1.64. The van der Waals surface area contributed by atoms with Gasteiger partial charge in [0.05, 0.1) is 6.10 Å². The van der Waals surface area contributed by atoms with Crippen LogP contribution in [0.5, 0.6) is 0 Å². The van der Waals surface area contributed by atoms with Gasteiger partial charge in [0, 0.05) is 0 Å². The van der Waals surface area contributed by atoms with E-state index in [2.05, 4.69) is 15.9 Å². The first kappa shape index (κ1) is 15.9. The first-order chi connectivity index (χ1) is 8.79. The maximum Gasteiger partial charge on any atom is 0.323 e. The van der Waals surface area contributed by atoms with Crippen molar-refractivity contribution in [1.29, 1.82) is 0 Å². The molecule has 0 heterocycles. The second kappa shape index (κ2) is 6.87. The number of ether oxygens (including phenoxy) is 1. The summed E-state index contributed by atoms with van der Waals surface area (Å²) in [5, 5.41) is 9.91. The van der Waals surface area contributed by atoms with E-state index in [0.29, 0.717) is 0 Å². The highest BCUT2D eigenvalue weighted by atomic mass is 79.9. The van der Waals surface area contributed by atoms with Crippen LogP contribution < -0.4 is 0 Å². The van der Waals surface area contributed by atoms with E-state index in [9.17, 15) is 9.90 Å². The van der Waals surface area contributed by atoms with Gasteiger partial charge in [0.2, 0.25) is 0 Å². The summed E-state index contributed by atoms with van der Waals surface area (Å²) in [7, 11) is 0. The van der Waals surface area contributed by atoms with Crippen molar-refractivity contribution < 1.29 is 14.6 Å². The minimum Gasteiger partial charge on any atom is -0.459 e. The van der Waals surface area contributed by atoms with Crippen LogP contribution in [0.2, 0.25) is 0 Å². The molecule has 4 heteroatoms. The second-order valence-corrected chi connectivity index (χ2v) is 6.18. The van der Waals surface area contributed by atoms with Crippen molar-refractivity contribution in [2.75, 3.05) is 0 Å². The largest absolute Gasteiger partial charge is 0.459 e. The van der Waals surface area contributed by atoms with Gasteiger partial charge < -0.3 is 9.84 Å². The van der Waals surface area contributed by atoms with Crippen molar-refractivity contribution in [3.63, 3.8) is 0 Å². The van der Waals surface area contributed by atoms with E-state index in [1.54, 1.807) is 32.9 Å². The molecule has 1 aromatic carbocycles. The number of halogens is 1. The van der Waals surface area contributed by atoms with Crippen LogP contribution in [0.15, 0.2) is 36.4 Å². The number of aliphatic hydroxyl groups excluding tert-OH is 1. The molecule has 0 fully saturated rings. The Morgan fingerprint density at radius 2 is 1.89 bits per heavy atom. The van der Waals surface area contributed by atoms with Gasteiger partial charge in [-0.15, -0.1) is 0 Å². The lowest BCUT2D eigenvalue weighted by molar-refractivity contribution is -0.155. The number of rotatable bonds is 4. The Hall–Kier alpha value is -1.13. The Kier molecular flexibility index (Phi) is 5.76. The molecule has 1 N–H and O–H groups in total. The van der Waals surface area contributed by atoms with Gasteiger partial charge >= 0.3 is 5.97 Å². The molecule has 0 aliphatic rings. The Bertz CT molecular complexity index is 434. The molecule has 0 aliphatic heterocycles. The molecule has 104 valence electrons. The van der Waals surface area contributed by atoms with Crippen LogP contribution in [-0.4, -0.2) is 27.6 Å². The zero-order valence-corrected chi connectivity index (χ0v) is 12.9. The van der Waals surface area contributed by atoms with E-state index in [4.69, 9.17) is 4.74 Å². The number of esters is 1. The van der Waals surface area contributed by atoms with Gasteiger partial charge in [-0.05, 0) is 26.3 Å². The predicted octanol–water partition coefficient (Wildman–Crippen LogP) is 3.17. The number of hydrogen-bond acceptors (Lipinski definition) is 3. The molecule has 0 spiro atoms. The molecule has 0 aromatic heterocycles. The highest BCUT2D eigenvalue weighted by Crippen LogP contribution is 2.16. The topological polar surface area (TPSA) is 46.5 Å². The second-order valence-electron chi connectivity index (χ2n) is 5.20. The van der Waals surface area contributed by atoms with E-state index in [-0.39, 0.29) is 0 Å². The van der Waals surface area contributed by atoms with Crippen molar-refractivity contribution in [3.05, 3.63) is 42.0 Å². The van der Waals surface area contributed by atoms with E-state index >= 15 is 0 Å². The Labute approximate surface area is 122 Å². The van der Waals surface area contributed by atoms with Gasteiger partial charge in [-0.2, -0.15) is 0 Å². The molecule has 0 radical (unpaired) electrons. The number of benzene rings is 1. The zero-order chi connectivity index (χ0) is 14.5. The normalized spacial score (nSPS) is 15.2. The van der Waals surface area contributed by atoms with E-state index in [1.807, 2.05) is 30.3 Å². The van der Waals surface area contributed by atoms with E-state index < -0.39 is 22.5 Å². The third-order valence-electron chi connectivity index (χ3n) is 2.22. The molecule has 0 aliphatic carbocycles.